The Morgan fingerprint density at radius 2 is 1.07 bits per heavy atom. The molecule has 2 aliphatic rings. The molecule has 0 fully saturated rings. The van der Waals surface area contributed by atoms with Crippen molar-refractivity contribution in [1.82, 2.24) is 14.7 Å². The first kappa shape index (κ1) is 64.6. The number of benzene rings is 4. The number of nitrogens with zero attached hydrogens (tertiary/aromatic N) is 2. The van der Waals surface area contributed by atoms with Gasteiger partial charge in [0.25, 0.3) is 0 Å². The molecule has 8 rings (SSSR count). The Morgan fingerprint density at radius 1 is 0.655 bits per heavy atom. The van der Waals surface area contributed by atoms with Crippen molar-refractivity contribution in [2.45, 2.75) is 140 Å². The van der Waals surface area contributed by atoms with E-state index in [9.17, 15) is 43.0 Å². The van der Waals surface area contributed by atoms with Crippen LogP contribution in [0.25, 0.3) is 22.5 Å². The molecule has 7 atom stereocenters. The monoisotopic (exact) mass is 1180 g/mol. The van der Waals surface area contributed by atoms with Crippen LogP contribution in [-0.2, 0) is 33.3 Å². The van der Waals surface area contributed by atoms with E-state index in [2.05, 4.69) is 4.72 Å². The van der Waals surface area contributed by atoms with Crippen LogP contribution in [0, 0.1) is 11.6 Å². The Morgan fingerprint density at radius 3 is 1.46 bits per heavy atom. The maximum Gasteiger partial charge on any atom is 0.163 e. The number of aliphatic hydroxyl groups is 4. The number of Topliss-reactive ketones (excluding diaryl/α,β-unsaturated/α-hetero) is 2. The standard InChI is InChI=1S/C34H43FN2O7S.C30H35FN2O6/c1-8-34(37-45(41)32(3,4)5)20-44-31-25(34)18-29(36-30(31)22-9-12-24(35)13-10-22)33(6,40)16-15-26(39)23-11-14-27(28(17-23)42-7)43-19-21(2)38;1-5-30(32)17-39-28-22(30)15-26(33-27(28)19-6-9-21(31)10-7-19)29(3,36)13-12-23(35)20-8-11-24(25(14-20)37-4)38-16-18(2)34/h9-14,17-18,21,37-38,40H,8,15-16,19-20H2,1-7H3;6-11,14-15,18,34,36H,5,12-13,16-17,32H2,1-4H3/t21-,33+,34-,45?;18-,29+,30-/m11/s1. The number of carbonyl (C=O) groups is 2. The molecule has 0 amide bonds. The van der Waals surface area contributed by atoms with E-state index in [4.69, 9.17) is 44.1 Å². The highest BCUT2D eigenvalue weighted by Crippen LogP contribution is 2.48. The summed E-state index contributed by atoms with van der Waals surface area (Å²) < 4.78 is 77.5. The highest BCUT2D eigenvalue weighted by Gasteiger charge is 2.46. The number of methoxy groups -OCH3 is 2. The lowest BCUT2D eigenvalue weighted by molar-refractivity contribution is 0.0395. The molecule has 4 aromatic carbocycles. The third-order valence-electron chi connectivity index (χ3n) is 15.0. The first-order chi connectivity index (χ1) is 39.6. The van der Waals surface area contributed by atoms with Crippen LogP contribution < -0.4 is 38.9 Å². The molecular weight excluding hydrogens is 1100 g/mol. The number of ketones is 2. The second-order valence-corrected chi connectivity index (χ2v) is 24.9. The minimum absolute atomic E-state index is 0.00358. The van der Waals surface area contributed by atoms with Crippen molar-refractivity contribution >= 4 is 22.6 Å². The lowest BCUT2D eigenvalue weighted by atomic mass is 9.86. The van der Waals surface area contributed by atoms with Crippen LogP contribution >= 0.6 is 0 Å². The molecule has 0 bridgehead atoms. The van der Waals surface area contributed by atoms with Crippen molar-refractivity contribution < 1.29 is 71.4 Å². The molecule has 2 aromatic heterocycles. The zero-order valence-corrected chi connectivity index (χ0v) is 50.4. The molecule has 452 valence electrons. The van der Waals surface area contributed by atoms with Crippen LogP contribution in [0.4, 0.5) is 8.78 Å². The molecule has 0 aliphatic carbocycles. The van der Waals surface area contributed by atoms with Crippen LogP contribution in [0.1, 0.15) is 144 Å². The van der Waals surface area contributed by atoms with Crippen molar-refractivity contribution in [3.8, 4) is 57.0 Å². The maximum atomic E-state index is 13.8. The average Bonchev–Trinajstić information content (AvgIpc) is 1.90. The fourth-order valence-corrected chi connectivity index (χ4v) is 10.4. The van der Waals surface area contributed by atoms with E-state index in [1.807, 2.05) is 34.6 Å². The summed E-state index contributed by atoms with van der Waals surface area (Å²) in [6, 6.07) is 24.9. The van der Waals surface area contributed by atoms with Crippen LogP contribution in [-0.4, -0.2) is 104 Å². The fourth-order valence-electron chi connectivity index (χ4n) is 9.47. The molecule has 0 radical (unpaired) electrons. The largest absolute Gasteiger partial charge is 0.493 e. The summed E-state index contributed by atoms with van der Waals surface area (Å²) in [7, 11) is 1.50. The Bertz CT molecular complexity index is 3330. The highest BCUT2D eigenvalue weighted by molar-refractivity contribution is 7.84. The molecule has 0 spiro atoms. The third kappa shape index (κ3) is 14.9. The van der Waals surface area contributed by atoms with E-state index in [-0.39, 0.29) is 69.5 Å². The first-order valence-electron chi connectivity index (χ1n) is 27.9. The number of aliphatic hydroxyl groups excluding tert-OH is 2. The van der Waals surface area contributed by atoms with E-state index in [1.54, 1.807) is 100 Å². The van der Waals surface area contributed by atoms with Gasteiger partial charge in [-0.05, 0) is 171 Å². The Hall–Kier alpha value is -6.91. The van der Waals surface area contributed by atoms with Gasteiger partial charge in [-0.2, -0.15) is 0 Å². The molecule has 2 aliphatic heterocycles. The van der Waals surface area contributed by atoms with Crippen molar-refractivity contribution in [3.05, 3.63) is 142 Å². The summed E-state index contributed by atoms with van der Waals surface area (Å²) in [6.45, 7) is 16.6. The lowest BCUT2D eigenvalue weighted by Crippen LogP contribution is -2.49. The van der Waals surface area contributed by atoms with Gasteiger partial charge in [-0.3, -0.25) is 9.59 Å². The second-order valence-electron chi connectivity index (χ2n) is 22.9. The zero-order chi connectivity index (χ0) is 61.5. The number of fused-ring (bicyclic) bond motifs is 2. The van der Waals surface area contributed by atoms with Gasteiger partial charge >= 0.3 is 0 Å². The molecule has 0 saturated carbocycles. The molecule has 4 heterocycles. The van der Waals surface area contributed by atoms with Gasteiger partial charge in [-0.15, -0.1) is 0 Å². The van der Waals surface area contributed by atoms with Crippen LogP contribution in [0.5, 0.6) is 34.5 Å². The number of hydrogen-bond acceptors (Lipinski definition) is 16. The average molecular weight is 1180 g/mol. The van der Waals surface area contributed by atoms with Gasteiger partial charge in [0.2, 0.25) is 0 Å². The number of carbonyl (C=O) groups excluding carboxylic acids is 2. The van der Waals surface area contributed by atoms with Gasteiger partial charge in [-0.1, -0.05) is 13.8 Å². The predicted molar refractivity (Wildman–Crippen MR) is 316 cm³/mol. The Balaban J connectivity index is 0.000000243. The van der Waals surface area contributed by atoms with Gasteiger partial charge in [0.15, 0.2) is 46.1 Å². The number of ether oxygens (including phenoxy) is 6. The van der Waals surface area contributed by atoms with Gasteiger partial charge < -0.3 is 54.6 Å². The molecule has 7 N–H and O–H groups in total. The molecule has 6 aromatic rings. The number of pyridine rings is 2. The summed E-state index contributed by atoms with van der Waals surface area (Å²) in [5, 5.41) is 42.3. The number of nitrogens with one attached hydrogen (secondary N) is 1. The summed E-state index contributed by atoms with van der Waals surface area (Å²) in [5.41, 5.74) is 6.99. The SMILES string of the molecule is CC[C@@]1(N)COc2c1cc([C@@](C)(O)CCC(=O)c1ccc(OC[C@@H](C)O)c(OC)c1)nc2-c1ccc(F)cc1.CC[C@@]1(NS(=O)C(C)(C)C)COc2c1cc([C@@](C)(O)CCC(=O)c1ccc(OC[C@@H](C)O)c(OC)c1)nc2-c1ccc(F)cc1. The number of aromatic nitrogens is 2. The van der Waals surface area contributed by atoms with Gasteiger partial charge in [-0.25, -0.2) is 27.7 Å². The van der Waals surface area contributed by atoms with Crippen molar-refractivity contribution in [1.29, 1.82) is 0 Å². The summed E-state index contributed by atoms with van der Waals surface area (Å²) in [4.78, 5) is 35.9. The van der Waals surface area contributed by atoms with E-state index in [0.717, 1.165) is 5.56 Å². The highest BCUT2D eigenvalue weighted by atomic mass is 32.2. The van der Waals surface area contributed by atoms with Crippen molar-refractivity contribution in [2.24, 2.45) is 5.73 Å². The van der Waals surface area contributed by atoms with E-state index in [1.165, 1.54) is 38.5 Å². The summed E-state index contributed by atoms with van der Waals surface area (Å²) in [5.74, 6) is 1.35. The topological polar surface area (TPSA) is 251 Å². The Kier molecular flexibility index (Phi) is 20.4. The van der Waals surface area contributed by atoms with Gasteiger partial charge in [0.1, 0.15) is 60.7 Å². The fraction of sp³-hybridized carbons (Fsp3) is 0.438. The smallest absolute Gasteiger partial charge is 0.163 e. The Labute approximate surface area is 492 Å². The number of nitrogens with two attached hydrogens (primary N) is 1. The molecule has 17 nitrogen and oxygen atoms in total. The van der Waals surface area contributed by atoms with Gasteiger partial charge in [0.05, 0.1) is 64.6 Å². The van der Waals surface area contributed by atoms with E-state index < -0.39 is 56.0 Å². The lowest BCUT2D eigenvalue weighted by Gasteiger charge is -2.32. The predicted octanol–water partition coefficient (Wildman–Crippen LogP) is 10.1. The van der Waals surface area contributed by atoms with Crippen molar-refractivity contribution in [3.63, 3.8) is 0 Å². The minimum Gasteiger partial charge on any atom is -0.493 e. The molecular formula is C64H78F2N4O13S. The second kappa shape index (κ2) is 26.6. The molecule has 84 heavy (non-hydrogen) atoms. The molecule has 20 heteroatoms. The molecule has 1 unspecified atom stereocenters. The van der Waals surface area contributed by atoms with Crippen LogP contribution in [0.3, 0.4) is 0 Å². The minimum atomic E-state index is -1.55. The van der Waals surface area contributed by atoms with E-state index >= 15 is 0 Å². The van der Waals surface area contributed by atoms with Crippen LogP contribution in [0.2, 0.25) is 0 Å². The first-order valence-corrected chi connectivity index (χ1v) is 29.1. The molecule has 0 saturated heterocycles. The number of hydrogen-bond donors (Lipinski definition) is 6. The summed E-state index contributed by atoms with van der Waals surface area (Å²) >= 11 is 0. The third-order valence-corrected chi connectivity index (χ3v) is 16.7. The van der Waals surface area contributed by atoms with E-state index in [0.29, 0.717) is 97.9 Å². The number of halogens is 2. The van der Waals surface area contributed by atoms with Crippen molar-refractivity contribution in [2.75, 3.05) is 40.6 Å². The zero-order valence-electron chi connectivity index (χ0n) is 49.6. The number of rotatable bonds is 24. The normalized spacial score (nSPS) is 18.7. The summed E-state index contributed by atoms with van der Waals surface area (Å²) in [6.07, 6.45) is -0.0107. The van der Waals surface area contributed by atoms with Crippen LogP contribution in [0.15, 0.2) is 97.1 Å². The quantitative estimate of drug-likeness (QED) is 0.0308. The van der Waals surface area contributed by atoms with Gasteiger partial charge in [0, 0.05) is 46.2 Å². The maximum absolute atomic E-state index is 13.8.